The van der Waals surface area contributed by atoms with Gasteiger partial charge in [-0.3, -0.25) is 4.98 Å². The number of hydrogen-bond acceptors (Lipinski definition) is 5. The molecule has 0 amide bonds. The van der Waals surface area contributed by atoms with Gasteiger partial charge in [-0.15, -0.1) is 0 Å². The number of carboxylic acid groups (broad SMARTS) is 1. The second kappa shape index (κ2) is 5.54. The van der Waals surface area contributed by atoms with Crippen molar-refractivity contribution in [3.05, 3.63) is 24.0 Å². The predicted molar refractivity (Wildman–Crippen MR) is 71.5 cm³/mol. The lowest BCUT2D eigenvalue weighted by atomic mass is 10.1. The molecule has 0 spiro atoms. The van der Waals surface area contributed by atoms with Gasteiger partial charge in [-0.05, 0) is 26.6 Å². The number of likely N-dealkylation sites (N-methyl/N-ethyl adjacent to an activating group) is 1. The molecule has 6 heteroatoms. The molecule has 2 N–H and O–H groups in total. The maximum atomic E-state index is 11.3. The van der Waals surface area contributed by atoms with Crippen LogP contribution in [0.15, 0.2) is 18.5 Å². The number of hydrogen-bond donors (Lipinski definition) is 2. The highest BCUT2D eigenvalue weighted by atomic mass is 16.4. The third-order valence-electron chi connectivity index (χ3n) is 3.31. The van der Waals surface area contributed by atoms with Gasteiger partial charge < -0.3 is 20.0 Å². The second-order valence-corrected chi connectivity index (χ2v) is 5.16. The van der Waals surface area contributed by atoms with Gasteiger partial charge in [0.1, 0.15) is 0 Å². The van der Waals surface area contributed by atoms with Crippen LogP contribution in [0.4, 0.5) is 5.69 Å². The van der Waals surface area contributed by atoms with E-state index in [1.807, 2.05) is 23.9 Å². The monoisotopic (exact) mass is 265 g/mol. The number of rotatable bonds is 4. The molecule has 1 fully saturated rings. The first-order valence-corrected chi connectivity index (χ1v) is 6.25. The minimum atomic E-state index is -0.970. The highest BCUT2D eigenvalue weighted by Crippen LogP contribution is 2.28. The number of nitrogens with zero attached hydrogens (tertiary/aromatic N) is 3. The van der Waals surface area contributed by atoms with Gasteiger partial charge in [0, 0.05) is 25.3 Å². The third-order valence-corrected chi connectivity index (χ3v) is 3.31. The Morgan fingerprint density at radius 2 is 2.32 bits per heavy atom. The summed E-state index contributed by atoms with van der Waals surface area (Å²) in [5, 5.41) is 19.1. The Hall–Kier alpha value is -1.66. The molecule has 1 aliphatic heterocycles. The van der Waals surface area contributed by atoms with Crippen molar-refractivity contribution in [2.75, 3.05) is 32.1 Å². The van der Waals surface area contributed by atoms with Crippen molar-refractivity contribution >= 4 is 11.7 Å². The summed E-state index contributed by atoms with van der Waals surface area (Å²) in [5.41, 5.74) is 0.811. The van der Waals surface area contributed by atoms with Gasteiger partial charge in [-0.1, -0.05) is 0 Å². The molecule has 6 nitrogen and oxygen atoms in total. The highest BCUT2D eigenvalue weighted by Gasteiger charge is 2.33. The number of aromatic nitrogens is 1. The summed E-state index contributed by atoms with van der Waals surface area (Å²) in [6, 6.07) is 1.60. The molecule has 1 saturated heterocycles. The first kappa shape index (κ1) is 13.8. The number of anilines is 1. The van der Waals surface area contributed by atoms with Crippen LogP contribution in [-0.2, 0) is 0 Å². The molecule has 1 aliphatic rings. The third kappa shape index (κ3) is 3.02. The van der Waals surface area contributed by atoms with Crippen LogP contribution >= 0.6 is 0 Å². The number of pyridine rings is 1. The SMILES string of the molecule is CN(C)CC1CC(O)CN1c1cnccc1C(=O)O. The summed E-state index contributed by atoms with van der Waals surface area (Å²) < 4.78 is 0. The molecule has 2 atom stereocenters. The maximum absolute atomic E-state index is 11.3. The molecule has 0 aliphatic carbocycles. The van der Waals surface area contributed by atoms with Crippen LogP contribution in [0.25, 0.3) is 0 Å². The number of carbonyl (C=O) groups is 1. The van der Waals surface area contributed by atoms with Crippen LogP contribution in [0, 0.1) is 0 Å². The summed E-state index contributed by atoms with van der Waals surface area (Å²) in [7, 11) is 3.93. The normalized spacial score (nSPS) is 23.1. The largest absolute Gasteiger partial charge is 0.478 e. The average Bonchev–Trinajstić information content (AvgIpc) is 2.69. The van der Waals surface area contributed by atoms with Crippen LogP contribution in [-0.4, -0.2) is 65.4 Å². The van der Waals surface area contributed by atoms with Crippen molar-refractivity contribution in [1.82, 2.24) is 9.88 Å². The van der Waals surface area contributed by atoms with E-state index in [1.54, 1.807) is 6.20 Å². The molecule has 1 aromatic rings. The molecule has 2 unspecified atom stereocenters. The first-order valence-electron chi connectivity index (χ1n) is 6.25. The Labute approximate surface area is 112 Å². The van der Waals surface area contributed by atoms with E-state index in [4.69, 9.17) is 0 Å². The molecule has 2 heterocycles. The summed E-state index contributed by atoms with van der Waals surface area (Å²) >= 11 is 0. The fourth-order valence-electron chi connectivity index (χ4n) is 2.58. The lowest BCUT2D eigenvalue weighted by Crippen LogP contribution is -2.38. The highest BCUT2D eigenvalue weighted by molar-refractivity contribution is 5.94. The van der Waals surface area contributed by atoms with Crippen molar-refractivity contribution < 1.29 is 15.0 Å². The van der Waals surface area contributed by atoms with Crippen molar-refractivity contribution in [2.24, 2.45) is 0 Å². The van der Waals surface area contributed by atoms with E-state index in [-0.39, 0.29) is 11.6 Å². The Morgan fingerprint density at radius 1 is 1.58 bits per heavy atom. The number of carboxylic acids is 1. The van der Waals surface area contributed by atoms with E-state index in [0.29, 0.717) is 18.7 Å². The van der Waals surface area contributed by atoms with E-state index in [2.05, 4.69) is 4.98 Å². The van der Waals surface area contributed by atoms with Gasteiger partial charge in [0.2, 0.25) is 0 Å². The summed E-state index contributed by atoms with van der Waals surface area (Å²) in [6.07, 6.45) is 3.25. The topological polar surface area (TPSA) is 76.9 Å². The molecule has 0 radical (unpaired) electrons. The van der Waals surface area contributed by atoms with E-state index in [0.717, 1.165) is 6.54 Å². The number of aromatic carboxylic acids is 1. The molecule has 1 aromatic heterocycles. The summed E-state index contributed by atoms with van der Waals surface area (Å²) in [5.74, 6) is -0.970. The molecule has 0 aromatic carbocycles. The molecule has 19 heavy (non-hydrogen) atoms. The number of β-amino-alcohol motifs (C(OH)–C–C–N with tert-alkyl or cyclic N) is 1. The van der Waals surface area contributed by atoms with Gasteiger partial charge in [-0.25, -0.2) is 4.79 Å². The van der Waals surface area contributed by atoms with E-state index in [9.17, 15) is 15.0 Å². The van der Waals surface area contributed by atoms with E-state index >= 15 is 0 Å². The Morgan fingerprint density at radius 3 is 2.95 bits per heavy atom. The molecule has 104 valence electrons. The van der Waals surface area contributed by atoms with Crippen LogP contribution in [0.2, 0.25) is 0 Å². The Bertz CT molecular complexity index is 464. The zero-order chi connectivity index (χ0) is 14.0. The van der Waals surface area contributed by atoms with E-state index in [1.165, 1.54) is 12.3 Å². The second-order valence-electron chi connectivity index (χ2n) is 5.16. The van der Waals surface area contributed by atoms with Gasteiger partial charge in [0.15, 0.2) is 0 Å². The minimum Gasteiger partial charge on any atom is -0.478 e. The average molecular weight is 265 g/mol. The zero-order valence-electron chi connectivity index (χ0n) is 11.2. The molecular weight excluding hydrogens is 246 g/mol. The van der Waals surface area contributed by atoms with Gasteiger partial charge in [0.05, 0.1) is 23.6 Å². The standard InChI is InChI=1S/C13H19N3O3/c1-15(2)7-9-5-10(17)8-16(9)12-6-14-4-3-11(12)13(18)19/h3-4,6,9-10,17H,5,7-8H2,1-2H3,(H,18,19). The van der Waals surface area contributed by atoms with Crippen LogP contribution < -0.4 is 4.90 Å². The molecule has 2 rings (SSSR count). The van der Waals surface area contributed by atoms with Gasteiger partial charge >= 0.3 is 5.97 Å². The number of aliphatic hydroxyl groups excluding tert-OH is 1. The Kier molecular flexibility index (Phi) is 4.01. The summed E-state index contributed by atoms with van der Waals surface area (Å²) in [4.78, 5) is 19.3. The molecular formula is C13H19N3O3. The fourth-order valence-corrected chi connectivity index (χ4v) is 2.58. The lowest BCUT2D eigenvalue weighted by Gasteiger charge is -2.29. The van der Waals surface area contributed by atoms with Crippen LogP contribution in [0.5, 0.6) is 0 Å². The first-order chi connectivity index (χ1) is 8.99. The predicted octanol–water partition coefficient (Wildman–Crippen LogP) is 0.281. The van der Waals surface area contributed by atoms with Crippen molar-refractivity contribution in [2.45, 2.75) is 18.6 Å². The van der Waals surface area contributed by atoms with Gasteiger partial charge in [-0.2, -0.15) is 0 Å². The minimum absolute atomic E-state index is 0.104. The van der Waals surface area contributed by atoms with Gasteiger partial charge in [0.25, 0.3) is 0 Å². The van der Waals surface area contributed by atoms with Crippen molar-refractivity contribution in [3.63, 3.8) is 0 Å². The van der Waals surface area contributed by atoms with Crippen molar-refractivity contribution in [3.8, 4) is 0 Å². The fraction of sp³-hybridized carbons (Fsp3) is 0.538. The smallest absolute Gasteiger partial charge is 0.337 e. The quantitative estimate of drug-likeness (QED) is 0.814. The van der Waals surface area contributed by atoms with Crippen LogP contribution in [0.1, 0.15) is 16.8 Å². The maximum Gasteiger partial charge on any atom is 0.337 e. The molecule has 0 saturated carbocycles. The van der Waals surface area contributed by atoms with Crippen molar-refractivity contribution in [1.29, 1.82) is 0 Å². The zero-order valence-corrected chi connectivity index (χ0v) is 11.2. The Balaban J connectivity index is 2.31. The van der Waals surface area contributed by atoms with Crippen LogP contribution in [0.3, 0.4) is 0 Å². The molecule has 0 bridgehead atoms. The lowest BCUT2D eigenvalue weighted by molar-refractivity contribution is 0.0697. The summed E-state index contributed by atoms with van der Waals surface area (Å²) in [6.45, 7) is 1.22. The van der Waals surface area contributed by atoms with E-state index < -0.39 is 12.1 Å². The number of aliphatic hydroxyl groups is 1.